The van der Waals surface area contributed by atoms with Crippen molar-refractivity contribution >= 4 is 5.97 Å². The number of fused-ring (bicyclic) bond motifs is 1. The molecule has 5 heteroatoms. The van der Waals surface area contributed by atoms with E-state index < -0.39 is 11.4 Å². The van der Waals surface area contributed by atoms with Crippen LogP contribution in [0.5, 0.6) is 0 Å². The highest BCUT2D eigenvalue weighted by molar-refractivity contribution is 5.78. The van der Waals surface area contributed by atoms with Gasteiger partial charge >= 0.3 is 5.97 Å². The van der Waals surface area contributed by atoms with Crippen LogP contribution in [0.4, 0.5) is 0 Å². The first kappa shape index (κ1) is 11.0. The van der Waals surface area contributed by atoms with Crippen molar-refractivity contribution < 1.29 is 9.90 Å². The summed E-state index contributed by atoms with van der Waals surface area (Å²) in [5.41, 5.74) is 0.779. The van der Waals surface area contributed by atoms with Gasteiger partial charge in [0.25, 0.3) is 0 Å². The summed E-state index contributed by atoms with van der Waals surface area (Å²) < 4.78 is 0. The molecule has 86 valence electrons. The van der Waals surface area contributed by atoms with Crippen molar-refractivity contribution in [1.82, 2.24) is 15.2 Å². The van der Waals surface area contributed by atoms with Gasteiger partial charge in [-0.2, -0.15) is 5.10 Å². The van der Waals surface area contributed by atoms with E-state index >= 15 is 0 Å². The van der Waals surface area contributed by atoms with E-state index in [0.717, 1.165) is 37.1 Å². The molecule has 1 aromatic rings. The van der Waals surface area contributed by atoms with Crippen LogP contribution in [0.15, 0.2) is 0 Å². The van der Waals surface area contributed by atoms with Gasteiger partial charge in [-0.25, -0.2) is 4.98 Å². The van der Waals surface area contributed by atoms with Gasteiger partial charge in [-0.15, -0.1) is 5.10 Å². The van der Waals surface area contributed by atoms with Crippen LogP contribution in [-0.4, -0.2) is 26.3 Å². The molecule has 0 bridgehead atoms. The molecule has 0 aliphatic heterocycles. The second kappa shape index (κ2) is 3.81. The van der Waals surface area contributed by atoms with E-state index in [2.05, 4.69) is 15.2 Å². The van der Waals surface area contributed by atoms with Crippen molar-refractivity contribution in [1.29, 1.82) is 0 Å². The van der Waals surface area contributed by atoms with Crippen LogP contribution < -0.4 is 0 Å². The number of aryl methyl sites for hydroxylation is 2. The average Bonchev–Trinajstić information content (AvgIpc) is 2.28. The van der Waals surface area contributed by atoms with Crippen molar-refractivity contribution in [2.45, 2.75) is 44.9 Å². The van der Waals surface area contributed by atoms with Crippen molar-refractivity contribution in [3.8, 4) is 0 Å². The molecule has 0 fully saturated rings. The largest absolute Gasteiger partial charge is 0.481 e. The summed E-state index contributed by atoms with van der Waals surface area (Å²) in [6, 6.07) is 0. The van der Waals surface area contributed by atoms with E-state index in [1.807, 2.05) is 0 Å². The van der Waals surface area contributed by atoms with Crippen molar-refractivity contribution in [2.24, 2.45) is 0 Å². The monoisotopic (exact) mass is 221 g/mol. The molecule has 0 atom stereocenters. The molecule has 1 N–H and O–H groups in total. The summed E-state index contributed by atoms with van der Waals surface area (Å²) in [6.07, 6.45) is 4.00. The third kappa shape index (κ3) is 1.77. The predicted molar refractivity (Wildman–Crippen MR) is 57.1 cm³/mol. The fraction of sp³-hybridized carbons (Fsp3) is 0.636. The standard InChI is InChI=1S/C11H15N3O2/c1-11(2,10(15)16)9-12-7-5-3-4-6-8(7)13-14-9/h3-6H2,1-2H3,(H,15,16). The number of hydrogen-bond acceptors (Lipinski definition) is 4. The number of carboxylic acids is 1. The molecule has 0 aromatic carbocycles. The number of aliphatic carboxylic acids is 1. The summed E-state index contributed by atoms with van der Waals surface area (Å²) in [6.45, 7) is 3.20. The highest BCUT2D eigenvalue weighted by Gasteiger charge is 2.34. The molecule has 0 saturated heterocycles. The van der Waals surface area contributed by atoms with Gasteiger partial charge in [-0.05, 0) is 39.5 Å². The molecule has 0 unspecified atom stereocenters. The fourth-order valence-corrected chi connectivity index (χ4v) is 1.72. The molecule has 2 rings (SSSR count). The topological polar surface area (TPSA) is 76.0 Å². The van der Waals surface area contributed by atoms with Gasteiger partial charge in [0.15, 0.2) is 5.82 Å². The first-order chi connectivity index (χ1) is 7.51. The normalized spacial score (nSPS) is 15.6. The Kier molecular flexibility index (Phi) is 2.61. The van der Waals surface area contributed by atoms with Gasteiger partial charge in [0.05, 0.1) is 11.4 Å². The smallest absolute Gasteiger partial charge is 0.316 e. The quantitative estimate of drug-likeness (QED) is 0.809. The van der Waals surface area contributed by atoms with Crippen LogP contribution in [0.1, 0.15) is 43.9 Å². The Balaban J connectivity index is 2.40. The minimum atomic E-state index is -1.07. The number of nitrogens with zero attached hydrogens (tertiary/aromatic N) is 3. The Hall–Kier alpha value is -1.52. The van der Waals surface area contributed by atoms with Crippen LogP contribution in [-0.2, 0) is 23.1 Å². The molecule has 1 aliphatic carbocycles. The molecule has 0 spiro atoms. The number of rotatable bonds is 2. The lowest BCUT2D eigenvalue weighted by Gasteiger charge is -2.19. The minimum Gasteiger partial charge on any atom is -0.481 e. The Morgan fingerprint density at radius 3 is 2.44 bits per heavy atom. The zero-order valence-corrected chi connectivity index (χ0v) is 9.53. The molecule has 1 aromatic heterocycles. The number of carboxylic acid groups (broad SMARTS) is 1. The second-order valence-electron chi connectivity index (χ2n) is 4.67. The predicted octanol–water partition coefficient (Wildman–Crippen LogP) is 1.11. The summed E-state index contributed by atoms with van der Waals surface area (Å²) >= 11 is 0. The Labute approximate surface area is 93.9 Å². The lowest BCUT2D eigenvalue weighted by molar-refractivity contribution is -0.142. The molecule has 1 heterocycles. The summed E-state index contributed by atoms with van der Waals surface area (Å²) in [5, 5.41) is 17.1. The van der Waals surface area contributed by atoms with Crippen molar-refractivity contribution in [3.05, 3.63) is 17.2 Å². The van der Waals surface area contributed by atoms with E-state index in [1.54, 1.807) is 13.8 Å². The molecular formula is C11H15N3O2. The van der Waals surface area contributed by atoms with Crippen molar-refractivity contribution in [3.63, 3.8) is 0 Å². The molecule has 5 nitrogen and oxygen atoms in total. The molecule has 0 amide bonds. The molecule has 16 heavy (non-hydrogen) atoms. The maximum absolute atomic E-state index is 11.1. The van der Waals surface area contributed by atoms with Gasteiger partial charge in [0.1, 0.15) is 5.41 Å². The lowest BCUT2D eigenvalue weighted by Crippen LogP contribution is -2.32. The van der Waals surface area contributed by atoms with Gasteiger partial charge in [0.2, 0.25) is 0 Å². The zero-order chi connectivity index (χ0) is 11.8. The van der Waals surface area contributed by atoms with E-state index in [4.69, 9.17) is 5.11 Å². The van der Waals surface area contributed by atoms with Gasteiger partial charge < -0.3 is 5.11 Å². The highest BCUT2D eigenvalue weighted by atomic mass is 16.4. The third-order valence-electron chi connectivity index (χ3n) is 3.01. The number of hydrogen-bond donors (Lipinski definition) is 1. The van der Waals surface area contributed by atoms with Crippen LogP contribution >= 0.6 is 0 Å². The maximum Gasteiger partial charge on any atom is 0.316 e. The summed E-state index contributed by atoms with van der Waals surface area (Å²) in [5.74, 6) is -0.620. The average molecular weight is 221 g/mol. The third-order valence-corrected chi connectivity index (χ3v) is 3.01. The fourth-order valence-electron chi connectivity index (χ4n) is 1.72. The van der Waals surface area contributed by atoms with Gasteiger partial charge in [0, 0.05) is 0 Å². The molecular weight excluding hydrogens is 206 g/mol. The second-order valence-corrected chi connectivity index (χ2v) is 4.67. The van der Waals surface area contributed by atoms with E-state index in [0.29, 0.717) is 5.82 Å². The SMILES string of the molecule is CC(C)(C(=O)O)c1nnc2c(n1)CCCC2. The first-order valence-corrected chi connectivity index (χ1v) is 5.48. The van der Waals surface area contributed by atoms with Gasteiger partial charge in [-0.1, -0.05) is 0 Å². The molecule has 0 saturated carbocycles. The molecule has 1 aliphatic rings. The van der Waals surface area contributed by atoms with Crippen LogP contribution in [0.2, 0.25) is 0 Å². The van der Waals surface area contributed by atoms with Gasteiger partial charge in [-0.3, -0.25) is 4.79 Å². The highest BCUT2D eigenvalue weighted by Crippen LogP contribution is 2.22. The van der Waals surface area contributed by atoms with Crippen LogP contribution in [0, 0.1) is 0 Å². The number of aromatic nitrogens is 3. The Morgan fingerprint density at radius 2 is 1.81 bits per heavy atom. The van der Waals surface area contributed by atoms with E-state index in [1.165, 1.54) is 0 Å². The summed E-state index contributed by atoms with van der Waals surface area (Å²) in [4.78, 5) is 15.4. The van der Waals surface area contributed by atoms with E-state index in [9.17, 15) is 4.79 Å². The Morgan fingerprint density at radius 1 is 1.19 bits per heavy atom. The zero-order valence-electron chi connectivity index (χ0n) is 9.53. The lowest BCUT2D eigenvalue weighted by atomic mass is 9.92. The molecule has 0 radical (unpaired) electrons. The minimum absolute atomic E-state index is 0.306. The van der Waals surface area contributed by atoms with Crippen molar-refractivity contribution in [2.75, 3.05) is 0 Å². The van der Waals surface area contributed by atoms with Crippen LogP contribution in [0.3, 0.4) is 0 Å². The number of carbonyl (C=O) groups is 1. The van der Waals surface area contributed by atoms with Crippen LogP contribution in [0.25, 0.3) is 0 Å². The Bertz CT molecular complexity index is 429. The maximum atomic E-state index is 11.1. The van der Waals surface area contributed by atoms with E-state index in [-0.39, 0.29) is 0 Å². The summed E-state index contributed by atoms with van der Waals surface area (Å²) in [7, 11) is 0. The first-order valence-electron chi connectivity index (χ1n) is 5.48.